The van der Waals surface area contributed by atoms with E-state index >= 15 is 0 Å². The summed E-state index contributed by atoms with van der Waals surface area (Å²) in [6.07, 6.45) is 2.18. The van der Waals surface area contributed by atoms with Crippen molar-refractivity contribution >= 4 is 23.0 Å². The first-order valence-electron chi connectivity index (χ1n) is 9.77. The van der Waals surface area contributed by atoms with Crippen LogP contribution in [-0.4, -0.2) is 22.9 Å². The number of amides is 1. The molecule has 3 aromatic carbocycles. The number of carbonyl (C=O) groups is 2. The van der Waals surface area contributed by atoms with Gasteiger partial charge in [0.1, 0.15) is 0 Å². The van der Waals surface area contributed by atoms with Crippen LogP contribution in [0.2, 0.25) is 0 Å². The Morgan fingerprint density at radius 3 is 2.33 bits per heavy atom. The van der Waals surface area contributed by atoms with Gasteiger partial charge in [0.05, 0.1) is 6.04 Å². The van der Waals surface area contributed by atoms with Gasteiger partial charge in [-0.3, -0.25) is 14.8 Å². The van der Waals surface area contributed by atoms with Gasteiger partial charge >= 0.3 is 0 Å². The molecule has 1 aliphatic rings. The molecule has 0 aromatic heterocycles. The Morgan fingerprint density at radius 1 is 0.967 bits per heavy atom. The average Bonchev–Trinajstić information content (AvgIpc) is 3.21. The van der Waals surface area contributed by atoms with E-state index in [4.69, 9.17) is 5.21 Å². The number of hydrogen-bond acceptors (Lipinski definition) is 4. The van der Waals surface area contributed by atoms with E-state index in [1.54, 1.807) is 29.8 Å². The Balaban J connectivity index is 1.63. The quantitative estimate of drug-likeness (QED) is 0.343. The maximum atomic E-state index is 13.2. The Hall–Kier alpha value is -3.70. The van der Waals surface area contributed by atoms with Crippen molar-refractivity contribution in [2.75, 3.05) is 5.32 Å². The number of hydroxylamine groups is 1. The fraction of sp³-hybridized carbons (Fsp3) is 0.120. The van der Waals surface area contributed by atoms with E-state index in [0.29, 0.717) is 12.0 Å². The summed E-state index contributed by atoms with van der Waals surface area (Å²) in [5.74, 6) is -0.600. The molecule has 0 aliphatic carbocycles. The largest absolute Gasteiger partial charge is 0.374 e. The smallest absolute Gasteiger partial charge is 0.274 e. The topological polar surface area (TPSA) is 78.4 Å². The molecule has 4 rings (SSSR count). The van der Waals surface area contributed by atoms with E-state index in [9.17, 15) is 9.59 Å². The molecule has 1 amide bonds. The Bertz CT molecular complexity index is 1120. The van der Waals surface area contributed by atoms with Crippen LogP contribution in [0.4, 0.5) is 5.69 Å². The zero-order valence-corrected chi connectivity index (χ0v) is 16.6. The summed E-state index contributed by atoms with van der Waals surface area (Å²) in [5.41, 5.74) is 7.69. The normalized spacial score (nSPS) is 15.3. The van der Waals surface area contributed by atoms with Crippen molar-refractivity contribution in [3.05, 3.63) is 107 Å². The minimum atomic E-state index is -0.571. The minimum Gasteiger partial charge on any atom is -0.374 e. The number of hydrogen-bond donors (Lipinski definition) is 3. The second-order valence-corrected chi connectivity index (χ2v) is 7.41. The van der Waals surface area contributed by atoms with E-state index in [2.05, 4.69) is 5.32 Å². The van der Waals surface area contributed by atoms with Crippen LogP contribution in [0.5, 0.6) is 0 Å². The van der Waals surface area contributed by atoms with Gasteiger partial charge in [-0.25, -0.2) is 5.48 Å². The number of carbonyl (C=O) groups excluding carboxylic acids is 2. The molecule has 30 heavy (non-hydrogen) atoms. The third-order valence-corrected chi connectivity index (χ3v) is 5.30. The SMILES string of the molecule is Cc1ccc(C(=CC(=O)C2Cc3cc(C(=O)NO)ccc3N2)c2ccccc2)cc1. The van der Waals surface area contributed by atoms with Crippen molar-refractivity contribution in [2.45, 2.75) is 19.4 Å². The van der Waals surface area contributed by atoms with Crippen molar-refractivity contribution in [1.82, 2.24) is 5.48 Å². The molecule has 0 fully saturated rings. The van der Waals surface area contributed by atoms with Crippen LogP contribution < -0.4 is 10.8 Å². The second kappa shape index (κ2) is 8.35. The molecule has 0 spiro atoms. The van der Waals surface area contributed by atoms with Gasteiger partial charge in [0.2, 0.25) is 0 Å². The fourth-order valence-corrected chi connectivity index (χ4v) is 3.67. The molecule has 150 valence electrons. The molecule has 5 heteroatoms. The molecule has 3 N–H and O–H groups in total. The zero-order valence-electron chi connectivity index (χ0n) is 16.6. The highest BCUT2D eigenvalue weighted by molar-refractivity contribution is 6.05. The van der Waals surface area contributed by atoms with Crippen LogP contribution in [0, 0.1) is 6.92 Å². The van der Waals surface area contributed by atoms with Gasteiger partial charge in [-0.05, 0) is 53.5 Å². The lowest BCUT2D eigenvalue weighted by molar-refractivity contribution is -0.115. The molecule has 1 atom stereocenters. The van der Waals surface area contributed by atoms with Crippen LogP contribution in [0.25, 0.3) is 5.57 Å². The molecular weight excluding hydrogens is 376 g/mol. The van der Waals surface area contributed by atoms with Crippen molar-refractivity contribution in [3.8, 4) is 0 Å². The molecule has 1 aliphatic heterocycles. The van der Waals surface area contributed by atoms with Crippen molar-refractivity contribution in [1.29, 1.82) is 0 Å². The Kier molecular flexibility index (Phi) is 5.46. The van der Waals surface area contributed by atoms with Gasteiger partial charge in [-0.1, -0.05) is 60.2 Å². The van der Waals surface area contributed by atoms with Crippen LogP contribution in [0.1, 0.15) is 32.6 Å². The first kappa shape index (κ1) is 19.6. The van der Waals surface area contributed by atoms with E-state index in [1.807, 2.05) is 61.5 Å². The number of rotatable bonds is 5. The number of nitrogens with one attached hydrogen (secondary N) is 2. The minimum absolute atomic E-state index is 0.0289. The molecule has 5 nitrogen and oxygen atoms in total. The monoisotopic (exact) mass is 398 g/mol. The standard InChI is InChI=1S/C25H22N2O3/c1-16-7-9-18(10-8-16)21(17-5-3-2-4-6-17)15-24(28)23-14-20-13-19(25(29)27-30)11-12-22(20)26-23/h2-13,15,23,26,30H,14H2,1H3,(H,27,29). The first-order valence-corrected chi connectivity index (χ1v) is 9.77. The maximum absolute atomic E-state index is 13.2. The molecule has 1 unspecified atom stereocenters. The van der Waals surface area contributed by atoms with Crippen molar-refractivity contribution < 1.29 is 14.8 Å². The maximum Gasteiger partial charge on any atom is 0.274 e. The van der Waals surface area contributed by atoms with Gasteiger partial charge in [0.25, 0.3) is 5.91 Å². The molecule has 0 saturated carbocycles. The van der Waals surface area contributed by atoms with Gasteiger partial charge < -0.3 is 5.32 Å². The molecule has 0 saturated heterocycles. The van der Waals surface area contributed by atoms with E-state index < -0.39 is 11.9 Å². The summed E-state index contributed by atoms with van der Waals surface area (Å²) in [4.78, 5) is 24.8. The summed E-state index contributed by atoms with van der Waals surface area (Å²) in [6.45, 7) is 2.03. The average molecular weight is 398 g/mol. The van der Waals surface area contributed by atoms with E-state index in [0.717, 1.165) is 33.5 Å². The molecule has 0 radical (unpaired) electrons. The van der Waals surface area contributed by atoms with Gasteiger partial charge in [0.15, 0.2) is 5.78 Å². The number of ketones is 1. The van der Waals surface area contributed by atoms with Crippen molar-refractivity contribution in [3.63, 3.8) is 0 Å². The molecule has 0 bridgehead atoms. The lowest BCUT2D eigenvalue weighted by Crippen LogP contribution is -2.25. The van der Waals surface area contributed by atoms with E-state index in [1.165, 1.54) is 0 Å². The summed E-state index contributed by atoms with van der Waals surface area (Å²) >= 11 is 0. The lowest BCUT2D eigenvalue weighted by atomic mass is 9.94. The second-order valence-electron chi connectivity index (χ2n) is 7.41. The van der Waals surface area contributed by atoms with E-state index in [-0.39, 0.29) is 5.78 Å². The Morgan fingerprint density at radius 2 is 1.63 bits per heavy atom. The highest BCUT2D eigenvalue weighted by atomic mass is 16.5. The molecule has 3 aromatic rings. The highest BCUT2D eigenvalue weighted by Crippen LogP contribution is 2.29. The predicted molar refractivity (Wildman–Crippen MR) is 117 cm³/mol. The van der Waals surface area contributed by atoms with Crippen molar-refractivity contribution in [2.24, 2.45) is 0 Å². The third kappa shape index (κ3) is 4.02. The van der Waals surface area contributed by atoms with Gasteiger partial charge in [0, 0.05) is 17.7 Å². The summed E-state index contributed by atoms with van der Waals surface area (Å²) < 4.78 is 0. The summed E-state index contributed by atoms with van der Waals surface area (Å²) in [6, 6.07) is 22.6. The third-order valence-electron chi connectivity index (χ3n) is 5.30. The summed E-state index contributed by atoms with van der Waals surface area (Å²) in [7, 11) is 0. The summed E-state index contributed by atoms with van der Waals surface area (Å²) in [5, 5.41) is 12.1. The number of benzene rings is 3. The highest BCUT2D eigenvalue weighted by Gasteiger charge is 2.26. The lowest BCUT2D eigenvalue weighted by Gasteiger charge is -2.12. The van der Waals surface area contributed by atoms with Crippen LogP contribution in [-0.2, 0) is 11.2 Å². The Labute approximate surface area is 175 Å². The van der Waals surface area contributed by atoms with Gasteiger partial charge in [-0.2, -0.15) is 0 Å². The number of fused-ring (bicyclic) bond motifs is 1. The zero-order chi connectivity index (χ0) is 21.1. The first-order chi connectivity index (χ1) is 14.5. The number of aryl methyl sites for hydroxylation is 1. The molecular formula is C25H22N2O3. The van der Waals surface area contributed by atoms with Crippen LogP contribution >= 0.6 is 0 Å². The predicted octanol–water partition coefficient (Wildman–Crippen LogP) is 4.15. The van der Waals surface area contributed by atoms with Crippen LogP contribution in [0.3, 0.4) is 0 Å². The molecule has 1 heterocycles. The van der Waals surface area contributed by atoms with Gasteiger partial charge in [-0.15, -0.1) is 0 Å². The fourth-order valence-electron chi connectivity index (χ4n) is 3.67. The number of anilines is 1. The van der Waals surface area contributed by atoms with Crippen LogP contribution in [0.15, 0.2) is 78.9 Å².